The topological polar surface area (TPSA) is 65.6 Å². The molecule has 2 heterocycles. The molecule has 0 saturated carbocycles. The summed E-state index contributed by atoms with van der Waals surface area (Å²) in [4.78, 5) is 31.1. The lowest BCUT2D eigenvalue weighted by atomic mass is 10.2. The number of carbonyl (C=O) groups is 2. The number of aromatic nitrogens is 1. The average molecular weight is 350 g/mol. The summed E-state index contributed by atoms with van der Waals surface area (Å²) in [5.74, 6) is -0.274. The lowest BCUT2D eigenvalue weighted by molar-refractivity contribution is -0.141. The minimum Gasteiger partial charge on any atom is -0.468 e. The van der Waals surface area contributed by atoms with Gasteiger partial charge in [-0.05, 0) is 24.6 Å². The van der Waals surface area contributed by atoms with Gasteiger partial charge in [0.2, 0.25) is 0 Å². The van der Waals surface area contributed by atoms with Crippen molar-refractivity contribution in [1.82, 2.24) is 14.8 Å². The van der Waals surface area contributed by atoms with Crippen LogP contribution in [-0.4, -0.2) is 66.5 Å². The first-order chi connectivity index (χ1) is 11.6. The predicted molar refractivity (Wildman–Crippen MR) is 92.3 cm³/mol. The minimum absolute atomic E-state index is 0.0257. The first-order valence-corrected chi connectivity index (χ1v) is 8.31. The molecule has 0 unspecified atom stereocenters. The summed E-state index contributed by atoms with van der Waals surface area (Å²) >= 11 is 5.99. The van der Waals surface area contributed by atoms with Crippen LogP contribution in [0.4, 0.5) is 0 Å². The molecule has 0 aliphatic carbocycles. The number of esters is 1. The number of methoxy groups -OCH3 is 1. The molecule has 1 aromatic heterocycles. The van der Waals surface area contributed by atoms with Gasteiger partial charge in [-0.25, -0.2) is 0 Å². The maximum Gasteiger partial charge on any atom is 0.319 e. The molecule has 0 bridgehead atoms. The fourth-order valence-corrected chi connectivity index (χ4v) is 3.14. The molecular weight excluding hydrogens is 330 g/mol. The van der Waals surface area contributed by atoms with Gasteiger partial charge in [0.05, 0.1) is 13.7 Å². The summed E-state index contributed by atoms with van der Waals surface area (Å²) < 4.78 is 4.70. The van der Waals surface area contributed by atoms with E-state index in [1.54, 1.807) is 0 Å². The third-order valence-electron chi connectivity index (χ3n) is 4.27. The highest BCUT2D eigenvalue weighted by Crippen LogP contribution is 2.21. The largest absolute Gasteiger partial charge is 0.468 e. The second-order valence-electron chi connectivity index (χ2n) is 5.91. The van der Waals surface area contributed by atoms with Gasteiger partial charge in [0.15, 0.2) is 0 Å². The Morgan fingerprint density at radius 1 is 1.21 bits per heavy atom. The average Bonchev–Trinajstić information content (AvgIpc) is 2.85. The van der Waals surface area contributed by atoms with Crippen LogP contribution in [0.15, 0.2) is 24.3 Å². The lowest BCUT2D eigenvalue weighted by Crippen LogP contribution is -2.37. The van der Waals surface area contributed by atoms with E-state index >= 15 is 0 Å². The van der Waals surface area contributed by atoms with Gasteiger partial charge in [-0.15, -0.1) is 0 Å². The molecule has 2 aromatic rings. The maximum atomic E-state index is 12.7. The number of benzene rings is 1. The summed E-state index contributed by atoms with van der Waals surface area (Å²) in [6, 6.07) is 7.37. The molecule has 1 aliphatic rings. The van der Waals surface area contributed by atoms with Crippen LogP contribution in [0.3, 0.4) is 0 Å². The number of aromatic amines is 1. The number of nitrogens with one attached hydrogen (secondary N) is 1. The first-order valence-electron chi connectivity index (χ1n) is 7.93. The normalized spacial score (nSPS) is 16.2. The summed E-state index contributed by atoms with van der Waals surface area (Å²) in [5.41, 5.74) is 1.42. The van der Waals surface area contributed by atoms with Crippen LogP contribution in [0.25, 0.3) is 10.9 Å². The number of nitrogens with zero attached hydrogens (tertiary/aromatic N) is 2. The number of halogens is 1. The third kappa shape index (κ3) is 3.71. The molecule has 0 spiro atoms. The molecular formula is C17H20ClN3O3. The smallest absolute Gasteiger partial charge is 0.319 e. The van der Waals surface area contributed by atoms with Gasteiger partial charge in [0.25, 0.3) is 5.91 Å². The van der Waals surface area contributed by atoms with Crippen LogP contribution in [0.2, 0.25) is 5.02 Å². The van der Waals surface area contributed by atoms with Crippen molar-refractivity contribution in [3.8, 4) is 0 Å². The molecule has 128 valence electrons. The lowest BCUT2D eigenvalue weighted by Gasteiger charge is -2.20. The number of hydrogen-bond donors (Lipinski definition) is 1. The van der Waals surface area contributed by atoms with E-state index in [1.165, 1.54) is 7.11 Å². The van der Waals surface area contributed by atoms with Gasteiger partial charge in [-0.1, -0.05) is 17.7 Å². The highest BCUT2D eigenvalue weighted by molar-refractivity contribution is 6.31. The molecule has 6 nitrogen and oxygen atoms in total. The van der Waals surface area contributed by atoms with Crippen LogP contribution < -0.4 is 0 Å². The van der Waals surface area contributed by atoms with E-state index in [-0.39, 0.29) is 18.4 Å². The number of hydrogen-bond acceptors (Lipinski definition) is 4. The van der Waals surface area contributed by atoms with Crippen molar-refractivity contribution in [1.29, 1.82) is 0 Å². The highest BCUT2D eigenvalue weighted by Gasteiger charge is 2.22. The van der Waals surface area contributed by atoms with Crippen molar-refractivity contribution >= 4 is 34.4 Å². The van der Waals surface area contributed by atoms with Crippen molar-refractivity contribution < 1.29 is 14.3 Å². The summed E-state index contributed by atoms with van der Waals surface area (Å²) in [6.07, 6.45) is 0.828. The molecule has 3 rings (SSSR count). The zero-order valence-electron chi connectivity index (χ0n) is 13.5. The molecule has 1 fully saturated rings. The fourth-order valence-electron chi connectivity index (χ4n) is 2.96. The maximum absolute atomic E-state index is 12.7. The SMILES string of the molecule is COC(=O)CN1CCCN(C(=O)c2cc3ccc(Cl)cc3[nH]2)CC1. The van der Waals surface area contributed by atoms with Crippen molar-refractivity contribution in [3.05, 3.63) is 35.0 Å². The molecule has 0 atom stereocenters. The molecule has 1 aromatic carbocycles. The van der Waals surface area contributed by atoms with E-state index < -0.39 is 0 Å². The molecule has 1 N–H and O–H groups in total. The van der Waals surface area contributed by atoms with E-state index in [0.717, 1.165) is 23.9 Å². The summed E-state index contributed by atoms with van der Waals surface area (Å²) in [7, 11) is 1.39. The molecule has 1 saturated heterocycles. The minimum atomic E-state index is -0.248. The van der Waals surface area contributed by atoms with Crippen LogP contribution in [0.5, 0.6) is 0 Å². The van der Waals surface area contributed by atoms with Crippen molar-refractivity contribution in [2.45, 2.75) is 6.42 Å². The molecule has 1 amide bonds. The van der Waals surface area contributed by atoms with Crippen LogP contribution in [-0.2, 0) is 9.53 Å². The zero-order chi connectivity index (χ0) is 17.1. The van der Waals surface area contributed by atoms with Crippen molar-refractivity contribution in [2.24, 2.45) is 0 Å². The Kier molecular flexibility index (Phi) is 5.06. The Hall–Kier alpha value is -2.05. The number of amides is 1. The number of fused-ring (bicyclic) bond motifs is 1. The Morgan fingerprint density at radius 2 is 2.04 bits per heavy atom. The van der Waals surface area contributed by atoms with E-state index in [2.05, 4.69) is 4.98 Å². The number of rotatable bonds is 3. The highest BCUT2D eigenvalue weighted by atomic mass is 35.5. The van der Waals surface area contributed by atoms with Crippen molar-refractivity contribution in [3.63, 3.8) is 0 Å². The van der Waals surface area contributed by atoms with Gasteiger partial charge < -0.3 is 14.6 Å². The Balaban J connectivity index is 1.69. The van der Waals surface area contributed by atoms with Crippen LogP contribution in [0, 0.1) is 0 Å². The number of carbonyl (C=O) groups excluding carboxylic acids is 2. The summed E-state index contributed by atoms with van der Waals surface area (Å²) in [5, 5.41) is 1.60. The molecule has 0 radical (unpaired) electrons. The van der Waals surface area contributed by atoms with Gasteiger partial charge >= 0.3 is 5.97 Å². The first kappa shape index (κ1) is 16.8. The zero-order valence-corrected chi connectivity index (χ0v) is 14.3. The number of ether oxygens (including phenoxy) is 1. The molecule has 1 aliphatic heterocycles. The fraction of sp³-hybridized carbons (Fsp3) is 0.412. The van der Waals surface area contributed by atoms with E-state index in [1.807, 2.05) is 34.1 Å². The van der Waals surface area contributed by atoms with Gasteiger partial charge in [0.1, 0.15) is 5.69 Å². The summed E-state index contributed by atoms with van der Waals surface area (Å²) in [6.45, 7) is 2.97. The Labute approximate surface area is 145 Å². The Morgan fingerprint density at radius 3 is 2.83 bits per heavy atom. The monoisotopic (exact) mass is 349 g/mol. The quantitative estimate of drug-likeness (QED) is 0.862. The Bertz CT molecular complexity index is 759. The molecule has 24 heavy (non-hydrogen) atoms. The molecule has 7 heteroatoms. The number of H-pyrrole nitrogens is 1. The van der Waals surface area contributed by atoms with Crippen LogP contribution >= 0.6 is 11.6 Å². The second-order valence-corrected chi connectivity index (χ2v) is 6.35. The predicted octanol–water partition coefficient (Wildman–Crippen LogP) is 2.14. The third-order valence-corrected chi connectivity index (χ3v) is 4.51. The van der Waals surface area contributed by atoms with E-state index in [9.17, 15) is 9.59 Å². The van der Waals surface area contributed by atoms with Crippen molar-refractivity contribution in [2.75, 3.05) is 39.8 Å². The van der Waals surface area contributed by atoms with E-state index in [4.69, 9.17) is 16.3 Å². The second kappa shape index (κ2) is 7.23. The van der Waals surface area contributed by atoms with Gasteiger partial charge in [-0.3, -0.25) is 14.5 Å². The standard InChI is InChI=1S/C17H20ClN3O3/c1-24-16(22)11-20-5-2-6-21(8-7-20)17(23)15-9-12-3-4-13(18)10-14(12)19-15/h3-4,9-10,19H,2,5-8,11H2,1H3. The van der Waals surface area contributed by atoms with E-state index in [0.29, 0.717) is 30.4 Å². The van der Waals surface area contributed by atoms with Crippen LogP contribution in [0.1, 0.15) is 16.9 Å². The van der Waals surface area contributed by atoms with Gasteiger partial charge in [0, 0.05) is 42.1 Å². The van der Waals surface area contributed by atoms with Gasteiger partial charge in [-0.2, -0.15) is 0 Å².